The number of hydrogen-bond donors (Lipinski definition) is 0. The van der Waals surface area contributed by atoms with Crippen LogP contribution in [0.1, 0.15) is 61.6 Å². The average molecular weight is 332 g/mol. The van der Waals surface area contributed by atoms with Crippen molar-refractivity contribution in [2.75, 3.05) is 6.54 Å². The summed E-state index contributed by atoms with van der Waals surface area (Å²) in [5, 5.41) is 4.04. The summed E-state index contributed by atoms with van der Waals surface area (Å²) in [6.07, 6.45) is 4.66. The monoisotopic (exact) mass is 332 g/mol. The topological polar surface area (TPSA) is 68.7 Å². The molecule has 0 aromatic carbocycles. The lowest BCUT2D eigenvalue weighted by Gasteiger charge is -2.26. The highest BCUT2D eigenvalue weighted by atomic mass is 16.5. The molecule has 130 valence electrons. The average Bonchev–Trinajstić information content (AvgIpc) is 3.10. The third-order valence-electron chi connectivity index (χ3n) is 4.33. The third kappa shape index (κ3) is 4.26. The number of hydrogen-bond acceptors (Lipinski definition) is 6. The van der Waals surface area contributed by atoms with Crippen LogP contribution in [0.25, 0.3) is 0 Å². The smallest absolute Gasteiger partial charge is 0.303 e. The molecule has 1 fully saturated rings. The largest absolute Gasteiger partial charge is 0.461 e. The van der Waals surface area contributed by atoms with Crippen LogP contribution in [0.2, 0.25) is 0 Å². The summed E-state index contributed by atoms with van der Waals surface area (Å²) in [5.41, 5.74) is 0.913. The van der Waals surface area contributed by atoms with E-state index in [4.69, 9.17) is 13.7 Å². The van der Waals surface area contributed by atoms with E-state index in [1.54, 1.807) is 0 Å². The second kappa shape index (κ2) is 7.66. The number of likely N-dealkylation sites (tertiary alicyclic amines) is 1. The van der Waals surface area contributed by atoms with Crippen LogP contribution in [0.4, 0.5) is 0 Å². The molecule has 0 aliphatic carbocycles. The molecule has 1 aliphatic rings. The number of rotatable bonds is 5. The maximum Gasteiger partial charge on any atom is 0.303 e. The fourth-order valence-corrected chi connectivity index (χ4v) is 3.18. The van der Waals surface area contributed by atoms with E-state index in [-0.39, 0.29) is 18.6 Å². The quantitative estimate of drug-likeness (QED) is 0.777. The highest BCUT2D eigenvalue weighted by Crippen LogP contribution is 2.32. The molecule has 0 spiro atoms. The fourth-order valence-electron chi connectivity index (χ4n) is 3.18. The van der Waals surface area contributed by atoms with E-state index in [9.17, 15) is 4.79 Å². The lowest BCUT2D eigenvalue weighted by Crippen LogP contribution is -2.27. The van der Waals surface area contributed by atoms with Gasteiger partial charge in [-0.15, -0.1) is 0 Å². The first-order valence-electron chi connectivity index (χ1n) is 8.50. The summed E-state index contributed by atoms with van der Waals surface area (Å²) in [6, 6.07) is 6.07. The summed E-state index contributed by atoms with van der Waals surface area (Å²) in [4.78, 5) is 13.3. The zero-order valence-electron chi connectivity index (χ0n) is 14.3. The summed E-state index contributed by atoms with van der Waals surface area (Å²) in [6.45, 7) is 5.24. The Morgan fingerprint density at radius 1 is 1.33 bits per heavy atom. The van der Waals surface area contributed by atoms with E-state index in [0.29, 0.717) is 12.3 Å². The Morgan fingerprint density at radius 2 is 2.17 bits per heavy atom. The van der Waals surface area contributed by atoms with Crippen LogP contribution in [-0.2, 0) is 22.7 Å². The molecular formula is C18H24N2O4. The van der Waals surface area contributed by atoms with Gasteiger partial charge >= 0.3 is 5.97 Å². The molecule has 0 amide bonds. The normalized spacial score (nSPS) is 19.2. The molecule has 6 nitrogen and oxygen atoms in total. The van der Waals surface area contributed by atoms with Crippen molar-refractivity contribution in [3.8, 4) is 0 Å². The van der Waals surface area contributed by atoms with Crippen LogP contribution < -0.4 is 0 Å². The Bertz CT molecular complexity index is 676. The molecule has 1 atom stereocenters. The van der Waals surface area contributed by atoms with E-state index in [1.165, 1.54) is 26.2 Å². The Morgan fingerprint density at radius 3 is 2.92 bits per heavy atom. The van der Waals surface area contributed by atoms with E-state index in [1.807, 2.05) is 25.1 Å². The molecule has 24 heavy (non-hydrogen) atoms. The Hall–Kier alpha value is -2.08. The molecule has 0 bridgehead atoms. The van der Waals surface area contributed by atoms with Crippen molar-refractivity contribution in [1.29, 1.82) is 0 Å². The van der Waals surface area contributed by atoms with Crippen LogP contribution in [0.5, 0.6) is 0 Å². The SMILES string of the molecule is CC(=O)OCc1ccc(CN2CCCCC[C@H]2c2cc(C)no2)o1. The number of nitrogens with zero attached hydrogens (tertiary/aromatic N) is 2. The zero-order valence-corrected chi connectivity index (χ0v) is 14.3. The number of furan rings is 1. The second-order valence-corrected chi connectivity index (χ2v) is 6.35. The molecule has 3 heterocycles. The highest BCUT2D eigenvalue weighted by molar-refractivity contribution is 5.65. The second-order valence-electron chi connectivity index (χ2n) is 6.35. The minimum absolute atomic E-state index is 0.181. The van der Waals surface area contributed by atoms with Gasteiger partial charge in [0.25, 0.3) is 0 Å². The van der Waals surface area contributed by atoms with Gasteiger partial charge in [-0.3, -0.25) is 9.69 Å². The van der Waals surface area contributed by atoms with Crippen molar-refractivity contribution in [1.82, 2.24) is 10.1 Å². The number of aryl methyl sites for hydroxylation is 1. The number of esters is 1. The number of carbonyl (C=O) groups excluding carboxylic acids is 1. The fraction of sp³-hybridized carbons (Fsp3) is 0.556. The van der Waals surface area contributed by atoms with Crippen molar-refractivity contribution in [2.24, 2.45) is 0 Å². The van der Waals surface area contributed by atoms with Gasteiger partial charge in [0.15, 0.2) is 5.76 Å². The number of aromatic nitrogens is 1. The highest BCUT2D eigenvalue weighted by Gasteiger charge is 2.26. The van der Waals surface area contributed by atoms with Gasteiger partial charge in [0.1, 0.15) is 18.1 Å². The van der Waals surface area contributed by atoms with Gasteiger partial charge in [-0.05, 0) is 38.4 Å². The maximum atomic E-state index is 10.9. The molecule has 2 aromatic heterocycles. The minimum atomic E-state index is -0.304. The van der Waals surface area contributed by atoms with Crippen LogP contribution >= 0.6 is 0 Å². The molecular weight excluding hydrogens is 308 g/mol. The maximum absolute atomic E-state index is 10.9. The zero-order chi connectivity index (χ0) is 16.9. The van der Waals surface area contributed by atoms with Gasteiger partial charge in [0.05, 0.1) is 18.3 Å². The van der Waals surface area contributed by atoms with Gasteiger partial charge in [0, 0.05) is 13.0 Å². The van der Waals surface area contributed by atoms with Gasteiger partial charge in [-0.2, -0.15) is 0 Å². The van der Waals surface area contributed by atoms with E-state index in [0.717, 1.165) is 30.2 Å². The molecule has 1 saturated heterocycles. The molecule has 2 aromatic rings. The summed E-state index contributed by atoms with van der Waals surface area (Å²) >= 11 is 0. The van der Waals surface area contributed by atoms with Crippen molar-refractivity contribution < 1.29 is 18.5 Å². The van der Waals surface area contributed by atoms with E-state index < -0.39 is 0 Å². The Labute approximate surface area is 141 Å². The van der Waals surface area contributed by atoms with Crippen LogP contribution in [-0.4, -0.2) is 22.6 Å². The van der Waals surface area contributed by atoms with Gasteiger partial charge in [-0.1, -0.05) is 18.0 Å². The Balaban J connectivity index is 1.69. The van der Waals surface area contributed by atoms with Gasteiger partial charge in [0.2, 0.25) is 0 Å². The molecule has 0 radical (unpaired) electrons. The summed E-state index contributed by atoms with van der Waals surface area (Å²) in [5.74, 6) is 2.17. The van der Waals surface area contributed by atoms with Crippen molar-refractivity contribution in [2.45, 2.75) is 58.7 Å². The van der Waals surface area contributed by atoms with Gasteiger partial charge < -0.3 is 13.7 Å². The minimum Gasteiger partial charge on any atom is -0.461 e. The molecule has 0 N–H and O–H groups in total. The van der Waals surface area contributed by atoms with Crippen molar-refractivity contribution in [3.63, 3.8) is 0 Å². The van der Waals surface area contributed by atoms with Crippen LogP contribution in [0, 0.1) is 6.92 Å². The van der Waals surface area contributed by atoms with Crippen LogP contribution in [0.3, 0.4) is 0 Å². The molecule has 0 saturated carbocycles. The summed E-state index contributed by atoms with van der Waals surface area (Å²) in [7, 11) is 0. The lowest BCUT2D eigenvalue weighted by molar-refractivity contribution is -0.142. The Kier molecular flexibility index (Phi) is 5.35. The van der Waals surface area contributed by atoms with Crippen LogP contribution in [0.15, 0.2) is 27.1 Å². The number of ether oxygens (including phenoxy) is 1. The van der Waals surface area contributed by atoms with E-state index >= 15 is 0 Å². The van der Waals surface area contributed by atoms with E-state index in [2.05, 4.69) is 10.1 Å². The standard InChI is InChI=1S/C18H24N2O4/c1-13-10-18(24-19-13)17-6-4-3-5-9-20(17)11-15-7-8-16(23-15)12-22-14(2)21/h7-8,10,17H,3-6,9,11-12H2,1-2H3/t17-/m0/s1. The first-order chi connectivity index (χ1) is 11.6. The molecule has 0 unspecified atom stereocenters. The predicted octanol–water partition coefficient (Wildman–Crippen LogP) is 3.76. The molecule has 3 rings (SSSR count). The summed E-state index contributed by atoms with van der Waals surface area (Å²) < 4.78 is 16.3. The van der Waals surface area contributed by atoms with Crippen molar-refractivity contribution >= 4 is 5.97 Å². The van der Waals surface area contributed by atoms with Gasteiger partial charge in [-0.25, -0.2) is 0 Å². The third-order valence-corrected chi connectivity index (χ3v) is 4.33. The molecule has 6 heteroatoms. The molecule has 1 aliphatic heterocycles. The predicted molar refractivity (Wildman–Crippen MR) is 87.0 cm³/mol. The first-order valence-corrected chi connectivity index (χ1v) is 8.50. The number of carbonyl (C=O) groups is 1. The van der Waals surface area contributed by atoms with Crippen molar-refractivity contribution in [3.05, 3.63) is 41.2 Å². The first kappa shape index (κ1) is 16.8. The lowest BCUT2D eigenvalue weighted by atomic mass is 10.1.